The van der Waals surface area contributed by atoms with Crippen molar-refractivity contribution in [3.05, 3.63) is 0 Å². The number of unbranched alkanes of at least 4 members (excludes halogenated alkanes) is 2. The molecule has 1 unspecified atom stereocenters. The largest absolute Gasteiger partial charge is 0.396 e. The van der Waals surface area contributed by atoms with E-state index in [0.29, 0.717) is 6.42 Å². The first-order valence-electron chi connectivity index (χ1n) is 5.68. The first kappa shape index (κ1) is 14.4. The monoisotopic (exact) mass is 216 g/mol. The second-order valence-electron chi connectivity index (χ2n) is 4.12. The summed E-state index contributed by atoms with van der Waals surface area (Å²) >= 11 is 0. The molecule has 0 bridgehead atoms. The minimum Gasteiger partial charge on any atom is -0.396 e. The molecule has 4 heteroatoms. The van der Waals surface area contributed by atoms with E-state index in [0.717, 1.165) is 32.2 Å². The Morgan fingerprint density at radius 1 is 1.40 bits per heavy atom. The summed E-state index contributed by atoms with van der Waals surface area (Å²) in [6.07, 6.45) is 4.04. The van der Waals surface area contributed by atoms with Crippen molar-refractivity contribution < 1.29 is 9.90 Å². The second-order valence-corrected chi connectivity index (χ2v) is 4.12. The lowest BCUT2D eigenvalue weighted by molar-refractivity contribution is -0.130. The first-order chi connectivity index (χ1) is 7.07. The van der Waals surface area contributed by atoms with Gasteiger partial charge in [-0.15, -0.1) is 0 Å². The lowest BCUT2D eigenvalue weighted by Crippen LogP contribution is -2.29. The van der Waals surface area contributed by atoms with E-state index >= 15 is 0 Å². The molecule has 0 aliphatic heterocycles. The number of nitrogens with two attached hydrogens (primary N) is 1. The molecule has 4 nitrogen and oxygen atoms in total. The number of amides is 1. The van der Waals surface area contributed by atoms with Crippen molar-refractivity contribution in [1.29, 1.82) is 0 Å². The van der Waals surface area contributed by atoms with Crippen LogP contribution in [0, 0.1) is 0 Å². The predicted molar refractivity (Wildman–Crippen MR) is 61.5 cm³/mol. The van der Waals surface area contributed by atoms with Crippen LogP contribution in [0.15, 0.2) is 0 Å². The number of aliphatic hydroxyl groups excluding tert-OH is 1. The zero-order valence-corrected chi connectivity index (χ0v) is 9.91. The number of carbonyl (C=O) groups excluding carboxylic acids is 1. The molecule has 0 aromatic rings. The molecule has 0 aliphatic carbocycles. The van der Waals surface area contributed by atoms with Crippen LogP contribution in [-0.2, 0) is 4.79 Å². The van der Waals surface area contributed by atoms with Gasteiger partial charge in [0.1, 0.15) is 0 Å². The summed E-state index contributed by atoms with van der Waals surface area (Å²) in [6, 6.07) is 0.0942. The third kappa shape index (κ3) is 8.39. The Hall–Kier alpha value is -0.610. The minimum atomic E-state index is 0.0942. The Kier molecular flexibility index (Phi) is 8.33. The molecule has 15 heavy (non-hydrogen) atoms. The number of hydrogen-bond donors (Lipinski definition) is 2. The van der Waals surface area contributed by atoms with Crippen LogP contribution >= 0.6 is 0 Å². The fraction of sp³-hybridized carbons (Fsp3) is 0.909. The van der Waals surface area contributed by atoms with Gasteiger partial charge in [0.15, 0.2) is 0 Å². The molecule has 0 aromatic heterocycles. The van der Waals surface area contributed by atoms with Crippen LogP contribution in [0.5, 0.6) is 0 Å². The van der Waals surface area contributed by atoms with Gasteiger partial charge in [-0.3, -0.25) is 4.79 Å². The Labute approximate surface area is 92.4 Å². The van der Waals surface area contributed by atoms with Crippen LogP contribution in [0.3, 0.4) is 0 Å². The molecule has 3 N–H and O–H groups in total. The molecule has 1 amide bonds. The van der Waals surface area contributed by atoms with Gasteiger partial charge >= 0.3 is 0 Å². The highest BCUT2D eigenvalue weighted by molar-refractivity contribution is 5.75. The van der Waals surface area contributed by atoms with Crippen molar-refractivity contribution in [2.24, 2.45) is 5.73 Å². The summed E-state index contributed by atoms with van der Waals surface area (Å²) in [7, 11) is 1.82. The normalized spacial score (nSPS) is 12.5. The maximum atomic E-state index is 11.5. The lowest BCUT2D eigenvalue weighted by atomic mass is 10.2. The summed E-state index contributed by atoms with van der Waals surface area (Å²) in [5, 5.41) is 8.59. The van der Waals surface area contributed by atoms with Crippen LogP contribution in [0.4, 0.5) is 0 Å². The molecule has 0 aliphatic rings. The van der Waals surface area contributed by atoms with E-state index in [1.807, 2.05) is 14.0 Å². The van der Waals surface area contributed by atoms with Gasteiger partial charge in [-0.05, 0) is 32.6 Å². The molecular formula is C11H24N2O2. The molecule has 0 fully saturated rings. The zero-order valence-electron chi connectivity index (χ0n) is 9.91. The Balaban J connectivity index is 3.51. The van der Waals surface area contributed by atoms with Crippen LogP contribution < -0.4 is 5.73 Å². The van der Waals surface area contributed by atoms with Gasteiger partial charge in [-0.25, -0.2) is 0 Å². The maximum Gasteiger partial charge on any atom is 0.222 e. The first-order valence-corrected chi connectivity index (χ1v) is 5.68. The SMILES string of the molecule is CC(N)CCC(=O)N(C)CCCCCO. The summed E-state index contributed by atoms with van der Waals surface area (Å²) in [4.78, 5) is 13.3. The smallest absolute Gasteiger partial charge is 0.222 e. The standard InChI is InChI=1S/C11H24N2O2/c1-10(12)6-7-11(15)13(2)8-4-3-5-9-14/h10,14H,3-9,12H2,1-2H3. The molecule has 0 rings (SSSR count). The van der Waals surface area contributed by atoms with E-state index in [4.69, 9.17) is 10.8 Å². The molecule has 1 atom stereocenters. The number of aliphatic hydroxyl groups is 1. The molecule has 0 spiro atoms. The number of nitrogens with zero attached hydrogens (tertiary/aromatic N) is 1. The molecule has 90 valence electrons. The summed E-state index contributed by atoms with van der Waals surface area (Å²) in [5.41, 5.74) is 5.58. The molecule has 0 radical (unpaired) electrons. The van der Waals surface area contributed by atoms with Crippen molar-refractivity contribution in [2.75, 3.05) is 20.2 Å². The van der Waals surface area contributed by atoms with Gasteiger partial charge in [-0.2, -0.15) is 0 Å². The fourth-order valence-electron chi connectivity index (χ4n) is 1.30. The highest BCUT2D eigenvalue weighted by atomic mass is 16.2. The van der Waals surface area contributed by atoms with E-state index in [1.54, 1.807) is 4.90 Å². The second kappa shape index (κ2) is 8.68. The fourth-order valence-corrected chi connectivity index (χ4v) is 1.30. The quantitative estimate of drug-likeness (QED) is 0.588. The van der Waals surface area contributed by atoms with Crippen molar-refractivity contribution in [1.82, 2.24) is 4.90 Å². The van der Waals surface area contributed by atoms with E-state index in [2.05, 4.69) is 0 Å². The molecule has 0 saturated heterocycles. The average Bonchev–Trinajstić information content (AvgIpc) is 2.20. The van der Waals surface area contributed by atoms with Crippen molar-refractivity contribution in [3.8, 4) is 0 Å². The highest BCUT2D eigenvalue weighted by Gasteiger charge is 2.08. The van der Waals surface area contributed by atoms with Gasteiger partial charge in [0, 0.05) is 32.7 Å². The number of rotatable bonds is 8. The number of carbonyl (C=O) groups is 1. The van der Waals surface area contributed by atoms with Gasteiger partial charge in [0.05, 0.1) is 0 Å². The van der Waals surface area contributed by atoms with Crippen molar-refractivity contribution in [3.63, 3.8) is 0 Å². The van der Waals surface area contributed by atoms with Crippen LogP contribution in [0.1, 0.15) is 39.0 Å². The summed E-state index contributed by atoms with van der Waals surface area (Å²) < 4.78 is 0. The Bertz CT molecular complexity index is 172. The molecular weight excluding hydrogens is 192 g/mol. The van der Waals surface area contributed by atoms with Crippen molar-refractivity contribution >= 4 is 5.91 Å². The summed E-state index contributed by atoms with van der Waals surface area (Å²) in [5.74, 6) is 0.163. The zero-order chi connectivity index (χ0) is 11.7. The van der Waals surface area contributed by atoms with Gasteiger partial charge in [-0.1, -0.05) is 0 Å². The lowest BCUT2D eigenvalue weighted by Gasteiger charge is -2.17. The number of hydrogen-bond acceptors (Lipinski definition) is 3. The van der Waals surface area contributed by atoms with E-state index in [1.165, 1.54) is 0 Å². The Morgan fingerprint density at radius 3 is 2.60 bits per heavy atom. The summed E-state index contributed by atoms with van der Waals surface area (Å²) in [6.45, 7) is 2.93. The molecule has 0 saturated carbocycles. The average molecular weight is 216 g/mol. The molecule has 0 aromatic carbocycles. The van der Waals surface area contributed by atoms with E-state index in [-0.39, 0.29) is 18.6 Å². The van der Waals surface area contributed by atoms with Crippen LogP contribution in [-0.4, -0.2) is 42.2 Å². The third-order valence-corrected chi connectivity index (χ3v) is 2.39. The van der Waals surface area contributed by atoms with Gasteiger partial charge in [0.25, 0.3) is 0 Å². The third-order valence-electron chi connectivity index (χ3n) is 2.39. The van der Waals surface area contributed by atoms with Crippen LogP contribution in [0.25, 0.3) is 0 Å². The minimum absolute atomic E-state index is 0.0942. The Morgan fingerprint density at radius 2 is 2.07 bits per heavy atom. The van der Waals surface area contributed by atoms with Crippen molar-refractivity contribution in [2.45, 2.75) is 45.1 Å². The van der Waals surface area contributed by atoms with Gasteiger partial charge in [0.2, 0.25) is 5.91 Å². The highest BCUT2D eigenvalue weighted by Crippen LogP contribution is 2.01. The molecule has 0 heterocycles. The van der Waals surface area contributed by atoms with E-state index in [9.17, 15) is 4.79 Å². The van der Waals surface area contributed by atoms with E-state index < -0.39 is 0 Å². The predicted octanol–water partition coefficient (Wildman–Crippen LogP) is 0.735. The maximum absolute atomic E-state index is 11.5. The van der Waals surface area contributed by atoms with Gasteiger partial charge < -0.3 is 15.7 Å². The topological polar surface area (TPSA) is 66.6 Å². The van der Waals surface area contributed by atoms with Crippen LogP contribution in [0.2, 0.25) is 0 Å².